The molecule has 0 radical (unpaired) electrons. The molecule has 0 atom stereocenters. The molecule has 0 saturated heterocycles. The van der Waals surface area contributed by atoms with Crippen molar-refractivity contribution >= 4 is 27.3 Å². The Balaban J connectivity index is 2.11. The lowest BCUT2D eigenvalue weighted by Crippen LogP contribution is -2.23. The Bertz CT molecular complexity index is 650. The number of aryl methyl sites for hydroxylation is 1. The summed E-state index contributed by atoms with van der Waals surface area (Å²) in [7, 11) is -1.91. The maximum atomic E-state index is 12.0. The number of nitrogens with zero attached hydrogens (tertiary/aromatic N) is 2. The molecule has 19 heavy (non-hydrogen) atoms. The van der Waals surface area contributed by atoms with E-state index in [1.54, 1.807) is 18.4 Å². The number of nitrogens with one attached hydrogen (secondary N) is 2. The van der Waals surface area contributed by atoms with Crippen molar-refractivity contribution < 1.29 is 8.42 Å². The van der Waals surface area contributed by atoms with Crippen LogP contribution in [-0.4, -0.2) is 25.4 Å². The number of rotatable bonds is 5. The summed E-state index contributed by atoms with van der Waals surface area (Å²) in [5.41, 5.74) is 2.05. The van der Waals surface area contributed by atoms with Crippen LogP contribution < -0.4 is 10.0 Å². The molecule has 8 heteroatoms. The summed E-state index contributed by atoms with van der Waals surface area (Å²) in [6, 6.07) is 0. The van der Waals surface area contributed by atoms with Gasteiger partial charge in [0.1, 0.15) is 4.90 Å². The second-order valence-corrected chi connectivity index (χ2v) is 6.41. The van der Waals surface area contributed by atoms with E-state index in [4.69, 9.17) is 0 Å². The molecule has 0 aliphatic heterocycles. The van der Waals surface area contributed by atoms with Crippen molar-refractivity contribution in [2.24, 2.45) is 0 Å². The third-order valence-electron chi connectivity index (χ3n) is 2.58. The lowest BCUT2D eigenvalue weighted by Gasteiger charge is -2.06. The number of hydrogen-bond acceptors (Lipinski definition) is 6. The van der Waals surface area contributed by atoms with Crippen LogP contribution in [-0.2, 0) is 16.6 Å². The quantitative estimate of drug-likeness (QED) is 0.871. The Morgan fingerprint density at radius 1 is 1.26 bits per heavy atom. The van der Waals surface area contributed by atoms with E-state index in [9.17, 15) is 8.42 Å². The van der Waals surface area contributed by atoms with E-state index >= 15 is 0 Å². The summed E-state index contributed by atoms with van der Waals surface area (Å²) in [5, 5.41) is 6.64. The molecular weight excluding hydrogens is 284 g/mol. The molecule has 0 aliphatic rings. The number of thiophene rings is 1. The highest BCUT2D eigenvalue weighted by Crippen LogP contribution is 2.14. The van der Waals surface area contributed by atoms with Gasteiger partial charge in [-0.1, -0.05) is 0 Å². The molecule has 0 aliphatic carbocycles. The van der Waals surface area contributed by atoms with Gasteiger partial charge >= 0.3 is 0 Å². The Labute approximate surface area is 116 Å². The van der Waals surface area contributed by atoms with E-state index in [1.165, 1.54) is 12.4 Å². The Morgan fingerprint density at radius 3 is 2.47 bits per heavy atom. The lowest BCUT2D eigenvalue weighted by molar-refractivity contribution is 0.580. The van der Waals surface area contributed by atoms with Crippen molar-refractivity contribution in [3.05, 3.63) is 34.3 Å². The fraction of sp³-hybridized carbons (Fsp3) is 0.273. The summed E-state index contributed by atoms with van der Waals surface area (Å²) in [6.45, 7) is 2.22. The van der Waals surface area contributed by atoms with Crippen LogP contribution in [0.15, 0.2) is 28.0 Å². The zero-order valence-electron chi connectivity index (χ0n) is 10.5. The van der Waals surface area contributed by atoms with E-state index in [-0.39, 0.29) is 11.4 Å². The van der Waals surface area contributed by atoms with Crippen LogP contribution in [0.1, 0.15) is 11.1 Å². The standard InChI is InChI=1S/C11H14N4O2S2/c1-8-6-18-7-9(8)3-15-19(16,17)10-4-13-11(12-2)14-5-10/h4-7,15H,3H2,1-2H3,(H,12,13,14). The van der Waals surface area contributed by atoms with Gasteiger partial charge in [-0.25, -0.2) is 23.1 Å². The smallest absolute Gasteiger partial charge is 0.243 e. The van der Waals surface area contributed by atoms with Gasteiger partial charge < -0.3 is 5.32 Å². The van der Waals surface area contributed by atoms with E-state index in [1.807, 2.05) is 17.7 Å². The molecule has 0 spiro atoms. The first-order chi connectivity index (χ1) is 9.03. The Kier molecular flexibility index (Phi) is 4.13. The highest BCUT2D eigenvalue weighted by molar-refractivity contribution is 7.89. The molecule has 0 unspecified atom stereocenters. The van der Waals surface area contributed by atoms with Crippen LogP contribution in [0.5, 0.6) is 0 Å². The first kappa shape index (κ1) is 13.9. The SMILES string of the molecule is CNc1ncc(S(=O)(=O)NCc2cscc2C)cn1. The van der Waals surface area contributed by atoms with Gasteiger partial charge in [-0.3, -0.25) is 0 Å². The summed E-state index contributed by atoms with van der Waals surface area (Å²) in [5.74, 6) is 0.382. The van der Waals surface area contributed by atoms with E-state index in [0.717, 1.165) is 11.1 Å². The Morgan fingerprint density at radius 2 is 1.95 bits per heavy atom. The molecule has 2 N–H and O–H groups in total. The predicted molar refractivity (Wildman–Crippen MR) is 74.7 cm³/mol. The van der Waals surface area contributed by atoms with Crippen LogP contribution in [0.2, 0.25) is 0 Å². The molecule has 102 valence electrons. The minimum absolute atomic E-state index is 0.0550. The zero-order chi connectivity index (χ0) is 13.9. The first-order valence-electron chi connectivity index (χ1n) is 5.54. The molecule has 0 saturated carbocycles. The number of sulfonamides is 1. The minimum Gasteiger partial charge on any atom is -0.357 e. The molecule has 6 nitrogen and oxygen atoms in total. The average molecular weight is 298 g/mol. The molecule has 2 rings (SSSR count). The van der Waals surface area contributed by atoms with Crippen LogP contribution >= 0.6 is 11.3 Å². The first-order valence-corrected chi connectivity index (χ1v) is 7.96. The summed E-state index contributed by atoms with van der Waals surface area (Å²) in [6.07, 6.45) is 2.56. The zero-order valence-corrected chi connectivity index (χ0v) is 12.2. The van der Waals surface area contributed by atoms with Crippen molar-refractivity contribution in [1.82, 2.24) is 14.7 Å². The van der Waals surface area contributed by atoms with Crippen molar-refractivity contribution in [2.75, 3.05) is 12.4 Å². The lowest BCUT2D eigenvalue weighted by atomic mass is 10.2. The van der Waals surface area contributed by atoms with Gasteiger partial charge in [-0.05, 0) is 28.8 Å². The van der Waals surface area contributed by atoms with Crippen LogP contribution in [0, 0.1) is 6.92 Å². The van der Waals surface area contributed by atoms with Gasteiger partial charge in [0.25, 0.3) is 0 Å². The summed E-state index contributed by atoms with van der Waals surface area (Å²) < 4.78 is 26.6. The Hall–Kier alpha value is -1.51. The molecule has 0 bridgehead atoms. The molecule has 0 amide bonds. The molecule has 2 aromatic heterocycles. The molecule has 2 heterocycles. The third kappa shape index (κ3) is 3.28. The van der Waals surface area contributed by atoms with Crippen LogP contribution in [0.4, 0.5) is 5.95 Å². The maximum absolute atomic E-state index is 12.0. The second-order valence-electron chi connectivity index (χ2n) is 3.90. The predicted octanol–water partition coefficient (Wildman–Crippen LogP) is 1.37. The molecular formula is C11H14N4O2S2. The molecule has 2 aromatic rings. The average Bonchev–Trinajstić information content (AvgIpc) is 2.82. The van der Waals surface area contributed by atoms with Gasteiger partial charge in [0.2, 0.25) is 16.0 Å². The monoisotopic (exact) mass is 298 g/mol. The summed E-state index contributed by atoms with van der Waals surface area (Å²) >= 11 is 1.55. The van der Waals surface area contributed by atoms with Gasteiger partial charge in [-0.15, -0.1) is 0 Å². The van der Waals surface area contributed by atoms with Gasteiger partial charge in [0.05, 0.1) is 12.4 Å². The van der Waals surface area contributed by atoms with Crippen LogP contribution in [0.3, 0.4) is 0 Å². The van der Waals surface area contributed by atoms with Crippen molar-refractivity contribution in [3.63, 3.8) is 0 Å². The highest BCUT2D eigenvalue weighted by atomic mass is 32.2. The van der Waals surface area contributed by atoms with Crippen LogP contribution in [0.25, 0.3) is 0 Å². The van der Waals surface area contributed by atoms with Crippen molar-refractivity contribution in [2.45, 2.75) is 18.4 Å². The topological polar surface area (TPSA) is 84.0 Å². The van der Waals surface area contributed by atoms with Gasteiger partial charge in [0.15, 0.2) is 0 Å². The minimum atomic E-state index is -3.58. The van der Waals surface area contributed by atoms with Crippen molar-refractivity contribution in [1.29, 1.82) is 0 Å². The maximum Gasteiger partial charge on any atom is 0.243 e. The number of aromatic nitrogens is 2. The third-order valence-corrected chi connectivity index (χ3v) is 4.84. The largest absolute Gasteiger partial charge is 0.357 e. The fourth-order valence-corrected chi connectivity index (χ4v) is 3.16. The normalized spacial score (nSPS) is 11.5. The van der Waals surface area contributed by atoms with E-state index in [0.29, 0.717) is 5.95 Å². The summed E-state index contributed by atoms with van der Waals surface area (Å²) in [4.78, 5) is 7.83. The number of anilines is 1. The van der Waals surface area contributed by atoms with Gasteiger partial charge in [0, 0.05) is 13.6 Å². The molecule has 0 aromatic carbocycles. The van der Waals surface area contributed by atoms with E-state index < -0.39 is 10.0 Å². The van der Waals surface area contributed by atoms with Crippen molar-refractivity contribution in [3.8, 4) is 0 Å². The molecule has 0 fully saturated rings. The second kappa shape index (κ2) is 5.64. The number of hydrogen-bond donors (Lipinski definition) is 2. The van der Waals surface area contributed by atoms with Gasteiger partial charge in [-0.2, -0.15) is 11.3 Å². The fourth-order valence-electron chi connectivity index (χ4n) is 1.41. The van der Waals surface area contributed by atoms with E-state index in [2.05, 4.69) is 20.0 Å². The highest BCUT2D eigenvalue weighted by Gasteiger charge is 2.15.